The zero-order chi connectivity index (χ0) is 24.2. The van der Waals surface area contributed by atoms with Gasteiger partial charge in [-0.1, -0.05) is 23.7 Å². The summed E-state index contributed by atoms with van der Waals surface area (Å²) in [7, 11) is 2.00. The van der Waals surface area contributed by atoms with Crippen LogP contribution in [0.5, 0.6) is 0 Å². The Morgan fingerprint density at radius 3 is 2.36 bits per heavy atom. The fraction of sp³-hybridized carbons (Fsp3) is 0.269. The van der Waals surface area contributed by atoms with E-state index in [2.05, 4.69) is 30.1 Å². The molecule has 0 saturated carbocycles. The van der Waals surface area contributed by atoms with Crippen LogP contribution in [0.25, 0.3) is 11.6 Å². The maximum atomic E-state index is 13.3. The number of anilines is 2. The predicted molar refractivity (Wildman–Crippen MR) is 133 cm³/mol. The fourth-order valence-electron chi connectivity index (χ4n) is 4.21. The van der Waals surface area contributed by atoms with E-state index in [1.807, 2.05) is 46.0 Å². The number of carbonyl (C=O) groups is 3. The number of urea groups is 1. The van der Waals surface area contributed by atoms with E-state index in [1.54, 1.807) is 12.1 Å². The van der Waals surface area contributed by atoms with Crippen molar-refractivity contribution in [1.82, 2.24) is 5.32 Å². The number of benzene rings is 2. The van der Waals surface area contributed by atoms with Gasteiger partial charge in [-0.2, -0.15) is 0 Å². The number of rotatable bonds is 2. The molecule has 2 aliphatic heterocycles. The van der Waals surface area contributed by atoms with E-state index >= 15 is 0 Å². The normalized spacial score (nSPS) is 18.9. The number of carbonyl (C=O) groups excluding carboxylic acids is 3. The van der Waals surface area contributed by atoms with Gasteiger partial charge < -0.3 is 4.90 Å². The van der Waals surface area contributed by atoms with Gasteiger partial charge in [0.2, 0.25) is 0 Å². The topological polar surface area (TPSA) is 69.7 Å². The average molecular weight is 464 g/mol. The standard InChI is InChI=1S/C26H26ClN3O3/c1-14-7-8-18(9-15(14)2)30-24(32)20(23(31)28-25(30)33)11-17-10-19-16(3)13-26(4,5)29(6)22(19)12-21(17)27/h7-13H,1-6H3,(H,28,31,33)/b20-11+. The average Bonchev–Trinajstić information content (AvgIpc) is 2.72. The van der Waals surface area contributed by atoms with Crippen LogP contribution < -0.4 is 15.1 Å². The van der Waals surface area contributed by atoms with Crippen LogP contribution in [0.2, 0.25) is 5.02 Å². The third kappa shape index (κ3) is 3.85. The highest BCUT2D eigenvalue weighted by atomic mass is 35.5. The molecule has 0 aromatic heterocycles. The molecule has 0 atom stereocenters. The molecule has 2 heterocycles. The van der Waals surface area contributed by atoms with Crippen molar-refractivity contribution < 1.29 is 14.4 Å². The van der Waals surface area contributed by atoms with Crippen molar-refractivity contribution in [3.63, 3.8) is 0 Å². The molecule has 0 aliphatic carbocycles. The summed E-state index contributed by atoms with van der Waals surface area (Å²) in [6, 6.07) is 8.21. The predicted octanol–water partition coefficient (Wildman–Crippen LogP) is 5.25. The lowest BCUT2D eigenvalue weighted by Crippen LogP contribution is -2.54. The number of likely N-dealkylation sites (N-methyl/N-ethyl adjacent to an activating group) is 1. The van der Waals surface area contributed by atoms with E-state index in [0.717, 1.165) is 32.9 Å². The van der Waals surface area contributed by atoms with Crippen molar-refractivity contribution in [2.45, 2.75) is 40.2 Å². The molecule has 2 aliphatic rings. The van der Waals surface area contributed by atoms with Gasteiger partial charge in [0.25, 0.3) is 11.8 Å². The molecular weight excluding hydrogens is 438 g/mol. The highest BCUT2D eigenvalue weighted by molar-refractivity contribution is 6.40. The third-order valence-corrected chi connectivity index (χ3v) is 6.81. The number of fused-ring (bicyclic) bond motifs is 1. The summed E-state index contributed by atoms with van der Waals surface area (Å²) < 4.78 is 0. The molecule has 1 N–H and O–H groups in total. The Balaban J connectivity index is 1.79. The Labute approximate surface area is 198 Å². The Kier molecular flexibility index (Phi) is 5.45. The number of nitrogens with one attached hydrogen (secondary N) is 1. The Morgan fingerprint density at radius 1 is 1.00 bits per heavy atom. The fourth-order valence-corrected chi connectivity index (χ4v) is 4.42. The number of nitrogens with zero attached hydrogens (tertiary/aromatic N) is 2. The lowest BCUT2D eigenvalue weighted by Gasteiger charge is -2.40. The van der Waals surface area contributed by atoms with Crippen LogP contribution in [-0.2, 0) is 9.59 Å². The van der Waals surface area contributed by atoms with Crippen LogP contribution in [0.3, 0.4) is 0 Å². The maximum Gasteiger partial charge on any atom is 0.335 e. The number of allylic oxidation sites excluding steroid dienone is 1. The largest absolute Gasteiger partial charge is 0.365 e. The number of aryl methyl sites for hydroxylation is 2. The van der Waals surface area contributed by atoms with Gasteiger partial charge in [0.05, 0.1) is 11.2 Å². The van der Waals surface area contributed by atoms with Crippen molar-refractivity contribution in [2.24, 2.45) is 0 Å². The molecule has 6 nitrogen and oxygen atoms in total. The second-order valence-corrected chi connectivity index (χ2v) is 9.56. The first-order valence-electron chi connectivity index (χ1n) is 10.7. The van der Waals surface area contributed by atoms with Crippen LogP contribution in [0.4, 0.5) is 16.2 Å². The molecule has 1 saturated heterocycles. The minimum atomic E-state index is -0.774. The van der Waals surface area contributed by atoms with Gasteiger partial charge in [0, 0.05) is 23.3 Å². The first-order chi connectivity index (χ1) is 15.4. The summed E-state index contributed by atoms with van der Waals surface area (Å²) >= 11 is 6.59. The van der Waals surface area contributed by atoms with Crippen molar-refractivity contribution in [3.8, 4) is 0 Å². The molecule has 0 unspecified atom stereocenters. The Hall–Kier alpha value is -3.38. The van der Waals surface area contributed by atoms with E-state index in [1.165, 1.54) is 6.08 Å². The lowest BCUT2D eigenvalue weighted by molar-refractivity contribution is -0.122. The monoisotopic (exact) mass is 463 g/mol. The summed E-state index contributed by atoms with van der Waals surface area (Å²) in [6.45, 7) is 10.1. The number of hydrogen-bond acceptors (Lipinski definition) is 4. The SMILES string of the molecule is CC1=CC(C)(C)N(C)c2cc(Cl)c(/C=C3\C(=O)NC(=O)N(c4ccc(C)c(C)c4)C3=O)cc21. The zero-order valence-electron chi connectivity index (χ0n) is 19.5. The van der Waals surface area contributed by atoms with E-state index in [9.17, 15) is 14.4 Å². The summed E-state index contributed by atoms with van der Waals surface area (Å²) in [4.78, 5) is 41.5. The number of halogens is 1. The summed E-state index contributed by atoms with van der Waals surface area (Å²) in [5, 5.41) is 2.68. The molecule has 4 amide bonds. The molecular formula is C26H26ClN3O3. The van der Waals surface area contributed by atoms with E-state index in [0.29, 0.717) is 16.3 Å². The zero-order valence-corrected chi connectivity index (χ0v) is 20.3. The quantitative estimate of drug-likeness (QED) is 0.487. The molecule has 7 heteroatoms. The highest BCUT2D eigenvalue weighted by Crippen LogP contribution is 2.41. The van der Waals surface area contributed by atoms with Crippen LogP contribution in [0, 0.1) is 13.8 Å². The summed E-state index contributed by atoms with van der Waals surface area (Å²) in [6.07, 6.45) is 3.62. The third-order valence-electron chi connectivity index (χ3n) is 6.49. The molecule has 1 fully saturated rings. The second-order valence-electron chi connectivity index (χ2n) is 9.16. The highest BCUT2D eigenvalue weighted by Gasteiger charge is 2.37. The smallest absolute Gasteiger partial charge is 0.335 e. The lowest BCUT2D eigenvalue weighted by atomic mass is 9.88. The van der Waals surface area contributed by atoms with E-state index in [4.69, 9.17) is 11.6 Å². The van der Waals surface area contributed by atoms with Gasteiger partial charge in [-0.05, 0) is 87.2 Å². The van der Waals surface area contributed by atoms with Gasteiger partial charge in [0.15, 0.2) is 0 Å². The minimum Gasteiger partial charge on any atom is -0.365 e. The van der Waals surface area contributed by atoms with Crippen LogP contribution in [-0.4, -0.2) is 30.4 Å². The molecule has 33 heavy (non-hydrogen) atoms. The van der Waals surface area contributed by atoms with Gasteiger partial charge in [-0.15, -0.1) is 0 Å². The van der Waals surface area contributed by atoms with Crippen molar-refractivity contribution in [1.29, 1.82) is 0 Å². The Morgan fingerprint density at radius 2 is 1.70 bits per heavy atom. The molecule has 0 radical (unpaired) electrons. The number of imide groups is 2. The molecule has 2 aromatic rings. The maximum absolute atomic E-state index is 13.3. The van der Waals surface area contributed by atoms with Crippen molar-refractivity contribution in [3.05, 3.63) is 69.3 Å². The van der Waals surface area contributed by atoms with Crippen molar-refractivity contribution in [2.75, 3.05) is 16.8 Å². The molecule has 2 aromatic carbocycles. The van der Waals surface area contributed by atoms with Crippen molar-refractivity contribution >= 4 is 52.5 Å². The minimum absolute atomic E-state index is 0.152. The Bertz CT molecular complexity index is 1290. The summed E-state index contributed by atoms with van der Waals surface area (Å²) in [5.41, 5.74) is 5.60. The molecule has 4 rings (SSSR count). The van der Waals surface area contributed by atoms with Gasteiger partial charge >= 0.3 is 6.03 Å². The van der Waals surface area contributed by atoms with Crippen LogP contribution >= 0.6 is 11.6 Å². The number of hydrogen-bond donors (Lipinski definition) is 1. The van der Waals surface area contributed by atoms with Crippen LogP contribution in [0.15, 0.2) is 42.0 Å². The van der Waals surface area contributed by atoms with Gasteiger partial charge in [0.1, 0.15) is 5.57 Å². The van der Waals surface area contributed by atoms with E-state index in [-0.39, 0.29) is 11.1 Å². The number of barbiturate groups is 1. The molecule has 170 valence electrons. The molecule has 0 spiro atoms. The van der Waals surface area contributed by atoms with Crippen LogP contribution in [0.1, 0.15) is 43.0 Å². The van der Waals surface area contributed by atoms with Gasteiger partial charge in [-0.25, -0.2) is 9.69 Å². The number of amides is 4. The van der Waals surface area contributed by atoms with Gasteiger partial charge in [-0.3, -0.25) is 14.9 Å². The first-order valence-corrected chi connectivity index (χ1v) is 11.0. The second kappa shape index (κ2) is 7.89. The van der Waals surface area contributed by atoms with E-state index < -0.39 is 17.8 Å². The first kappa shape index (κ1) is 22.8. The molecule has 0 bridgehead atoms. The summed E-state index contributed by atoms with van der Waals surface area (Å²) in [5.74, 6) is -1.43.